The van der Waals surface area contributed by atoms with Gasteiger partial charge in [-0.25, -0.2) is 0 Å². The lowest BCUT2D eigenvalue weighted by molar-refractivity contribution is -0.136. The summed E-state index contributed by atoms with van der Waals surface area (Å²) < 4.78 is 36.6. The van der Waals surface area contributed by atoms with Gasteiger partial charge in [0.05, 0.1) is 0 Å². The van der Waals surface area contributed by atoms with Crippen LogP contribution in [-0.2, 0) is 0 Å². The van der Waals surface area contributed by atoms with Gasteiger partial charge in [-0.2, -0.15) is 13.2 Å². The molecule has 0 amide bonds. The fraction of sp³-hybridized carbons (Fsp3) is 0.846. The molecule has 4 heteroatoms. The molecule has 0 radical (unpaired) electrons. The normalized spacial score (nSPS) is 18.9. The van der Waals surface area contributed by atoms with Crippen molar-refractivity contribution in [1.29, 1.82) is 0 Å². The van der Waals surface area contributed by atoms with E-state index in [0.29, 0.717) is 0 Å². The molecule has 17 heavy (non-hydrogen) atoms. The average molecular weight is 249 g/mol. The monoisotopic (exact) mass is 249 g/mol. The predicted molar refractivity (Wildman–Crippen MR) is 63.9 cm³/mol. The highest BCUT2D eigenvalue weighted by Crippen LogP contribution is 2.26. The summed E-state index contributed by atoms with van der Waals surface area (Å²) in [6.45, 7) is 2.67. The van der Waals surface area contributed by atoms with Crippen molar-refractivity contribution in [2.24, 2.45) is 0 Å². The molecule has 0 heterocycles. The summed E-state index contributed by atoms with van der Waals surface area (Å²) in [6, 6.07) is -0.0222. The van der Waals surface area contributed by atoms with Crippen molar-refractivity contribution >= 4 is 0 Å². The molecule has 1 unspecified atom stereocenters. The molecular formula is C13H22F3N. The van der Waals surface area contributed by atoms with Crippen LogP contribution in [-0.4, -0.2) is 18.8 Å². The molecule has 0 saturated carbocycles. The molecule has 0 aromatic rings. The number of rotatable bonds is 6. The summed E-state index contributed by atoms with van der Waals surface area (Å²) >= 11 is 0. The summed E-state index contributed by atoms with van der Waals surface area (Å²) in [6.07, 6.45) is 3.02. The van der Waals surface area contributed by atoms with Crippen LogP contribution >= 0.6 is 0 Å². The molecule has 1 aliphatic rings. The molecule has 1 rings (SSSR count). The van der Waals surface area contributed by atoms with Crippen molar-refractivity contribution in [3.63, 3.8) is 0 Å². The Hall–Kier alpha value is -0.510. The van der Waals surface area contributed by atoms with Crippen LogP contribution in [0.3, 0.4) is 0 Å². The highest BCUT2D eigenvalue weighted by molar-refractivity contribution is 5.07. The molecule has 1 N–H and O–H groups in total. The number of hydrogen-bond acceptors (Lipinski definition) is 1. The quantitative estimate of drug-likeness (QED) is 0.696. The van der Waals surface area contributed by atoms with E-state index in [2.05, 4.69) is 11.4 Å². The van der Waals surface area contributed by atoms with Gasteiger partial charge in [0.15, 0.2) is 0 Å². The van der Waals surface area contributed by atoms with E-state index in [4.69, 9.17) is 0 Å². The number of nitrogens with one attached hydrogen (secondary N) is 1. The minimum Gasteiger partial charge on any atom is -0.314 e. The first kappa shape index (κ1) is 14.6. The van der Waals surface area contributed by atoms with Crippen molar-refractivity contribution in [3.8, 4) is 0 Å². The molecule has 1 aliphatic carbocycles. The first-order chi connectivity index (χ1) is 8.01. The van der Waals surface area contributed by atoms with E-state index in [1.807, 2.05) is 6.92 Å². The Morgan fingerprint density at radius 3 is 2.65 bits per heavy atom. The van der Waals surface area contributed by atoms with Crippen molar-refractivity contribution < 1.29 is 13.2 Å². The lowest BCUT2D eigenvalue weighted by atomic mass is 9.92. The minimum atomic E-state index is -4.03. The van der Waals surface area contributed by atoms with Crippen molar-refractivity contribution in [1.82, 2.24) is 5.32 Å². The third-order valence-electron chi connectivity index (χ3n) is 3.16. The fourth-order valence-corrected chi connectivity index (χ4v) is 2.31. The highest BCUT2D eigenvalue weighted by atomic mass is 19.4. The van der Waals surface area contributed by atoms with Crippen LogP contribution in [0.25, 0.3) is 0 Å². The Kier molecular flexibility index (Phi) is 6.03. The zero-order chi connectivity index (χ0) is 12.7. The minimum absolute atomic E-state index is 0.0222. The second kappa shape index (κ2) is 7.04. The number of halogens is 3. The Morgan fingerprint density at radius 2 is 2.12 bits per heavy atom. The van der Waals surface area contributed by atoms with Gasteiger partial charge >= 0.3 is 6.18 Å². The second-order valence-corrected chi connectivity index (χ2v) is 4.72. The van der Waals surface area contributed by atoms with Gasteiger partial charge in [-0.05, 0) is 45.1 Å². The topological polar surface area (TPSA) is 12.0 Å². The molecule has 0 spiro atoms. The lowest BCUT2D eigenvalue weighted by Gasteiger charge is -2.22. The molecule has 100 valence electrons. The van der Waals surface area contributed by atoms with E-state index in [1.165, 1.54) is 18.4 Å². The molecular weight excluding hydrogens is 227 g/mol. The molecule has 0 bridgehead atoms. The second-order valence-electron chi connectivity index (χ2n) is 4.72. The maximum absolute atomic E-state index is 12.2. The van der Waals surface area contributed by atoms with Gasteiger partial charge < -0.3 is 5.32 Å². The lowest BCUT2D eigenvalue weighted by Crippen LogP contribution is -2.31. The third-order valence-corrected chi connectivity index (χ3v) is 3.16. The van der Waals surface area contributed by atoms with Crippen molar-refractivity contribution in [3.05, 3.63) is 11.6 Å². The zero-order valence-corrected chi connectivity index (χ0v) is 10.4. The first-order valence-corrected chi connectivity index (χ1v) is 6.49. The summed E-state index contributed by atoms with van der Waals surface area (Å²) in [5.74, 6) is 0. The maximum atomic E-state index is 12.2. The molecule has 0 aliphatic heterocycles. The van der Waals surface area contributed by atoms with Gasteiger partial charge in [0.2, 0.25) is 0 Å². The number of hydrogen-bond donors (Lipinski definition) is 1. The average Bonchev–Trinajstić information content (AvgIpc) is 2.27. The van der Waals surface area contributed by atoms with Crippen LogP contribution in [0.5, 0.6) is 0 Å². The summed E-state index contributed by atoms with van der Waals surface area (Å²) in [5, 5.41) is 3.16. The molecule has 0 fully saturated rings. The molecule has 0 aromatic carbocycles. The van der Waals surface area contributed by atoms with Gasteiger partial charge in [-0.15, -0.1) is 0 Å². The van der Waals surface area contributed by atoms with Crippen LogP contribution in [0.1, 0.15) is 51.9 Å². The van der Waals surface area contributed by atoms with E-state index in [1.54, 1.807) is 0 Å². The Balaban J connectivity index is 2.39. The van der Waals surface area contributed by atoms with Crippen LogP contribution in [0, 0.1) is 0 Å². The Labute approximate surface area is 101 Å². The van der Waals surface area contributed by atoms with Gasteiger partial charge in [-0.1, -0.05) is 18.6 Å². The van der Waals surface area contributed by atoms with Gasteiger partial charge in [0.1, 0.15) is 0 Å². The largest absolute Gasteiger partial charge is 0.389 e. The first-order valence-electron chi connectivity index (χ1n) is 6.49. The van der Waals surface area contributed by atoms with Crippen LogP contribution in [0.2, 0.25) is 0 Å². The van der Waals surface area contributed by atoms with Crippen LogP contribution in [0.15, 0.2) is 11.6 Å². The Bertz CT molecular complexity index is 246. The molecule has 1 atom stereocenters. The van der Waals surface area contributed by atoms with Crippen LogP contribution < -0.4 is 5.32 Å². The SMILES string of the molecule is CCNC(CCC(F)(F)F)CC1=CCCCC1. The van der Waals surface area contributed by atoms with Crippen molar-refractivity contribution in [2.45, 2.75) is 64.1 Å². The van der Waals surface area contributed by atoms with Crippen molar-refractivity contribution in [2.75, 3.05) is 6.54 Å². The molecule has 1 nitrogen and oxygen atoms in total. The van der Waals surface area contributed by atoms with Gasteiger partial charge in [0, 0.05) is 12.5 Å². The van der Waals surface area contributed by atoms with E-state index in [-0.39, 0.29) is 12.5 Å². The summed E-state index contributed by atoms with van der Waals surface area (Å²) in [4.78, 5) is 0. The number of alkyl halides is 3. The summed E-state index contributed by atoms with van der Waals surface area (Å²) in [7, 11) is 0. The third kappa shape index (κ3) is 6.71. The molecule has 0 aromatic heterocycles. The standard InChI is InChI=1S/C13H22F3N/c1-2-17-12(8-9-13(14,15)16)10-11-6-4-3-5-7-11/h6,12,17H,2-5,7-10H2,1H3. The van der Waals surface area contributed by atoms with E-state index in [9.17, 15) is 13.2 Å². The predicted octanol–water partition coefficient (Wildman–Crippen LogP) is 4.20. The Morgan fingerprint density at radius 1 is 1.35 bits per heavy atom. The zero-order valence-electron chi connectivity index (χ0n) is 10.4. The molecule has 0 saturated heterocycles. The summed E-state index contributed by atoms with van der Waals surface area (Å²) in [5.41, 5.74) is 1.34. The number of allylic oxidation sites excluding steroid dienone is 1. The van der Waals surface area contributed by atoms with E-state index >= 15 is 0 Å². The van der Waals surface area contributed by atoms with E-state index < -0.39 is 12.6 Å². The van der Waals surface area contributed by atoms with Gasteiger partial charge in [0.25, 0.3) is 0 Å². The van der Waals surface area contributed by atoms with Crippen LogP contribution in [0.4, 0.5) is 13.2 Å². The highest BCUT2D eigenvalue weighted by Gasteiger charge is 2.28. The fourth-order valence-electron chi connectivity index (χ4n) is 2.31. The van der Waals surface area contributed by atoms with E-state index in [0.717, 1.165) is 25.8 Å². The van der Waals surface area contributed by atoms with Gasteiger partial charge in [-0.3, -0.25) is 0 Å². The maximum Gasteiger partial charge on any atom is 0.389 e. The smallest absolute Gasteiger partial charge is 0.314 e.